The number of carbonyl (C=O) groups is 2. The van der Waals surface area contributed by atoms with Gasteiger partial charge in [-0.25, -0.2) is 4.79 Å². The van der Waals surface area contributed by atoms with Crippen molar-refractivity contribution in [3.63, 3.8) is 0 Å². The lowest BCUT2D eigenvalue weighted by Crippen LogP contribution is -2.49. The average molecular weight is 482 g/mol. The van der Waals surface area contributed by atoms with Gasteiger partial charge >= 0.3 is 5.97 Å². The third-order valence-electron chi connectivity index (χ3n) is 4.27. The number of esters is 1. The lowest BCUT2D eigenvalue weighted by Gasteiger charge is -2.27. The second-order valence-electron chi connectivity index (χ2n) is 6.21. The van der Waals surface area contributed by atoms with Crippen LogP contribution in [0.2, 0.25) is 0 Å². The van der Waals surface area contributed by atoms with Crippen molar-refractivity contribution in [2.75, 3.05) is 11.9 Å². The van der Waals surface area contributed by atoms with E-state index in [1.165, 1.54) is 22.7 Å². The number of thiophene rings is 2. The zero-order valence-corrected chi connectivity index (χ0v) is 18.9. The Labute approximate surface area is 186 Å². The Morgan fingerprint density at radius 1 is 1.29 bits per heavy atom. The van der Waals surface area contributed by atoms with Crippen molar-refractivity contribution in [1.82, 2.24) is 5.32 Å². The third kappa shape index (κ3) is 4.94. The Bertz CT molecular complexity index is 847. The maximum atomic E-state index is 12.6. The number of aryl methyl sites for hydroxylation is 1. The molecule has 1 unspecified atom stereocenters. The molecule has 152 valence electrons. The Kier molecular flexibility index (Phi) is 7.15. The van der Waals surface area contributed by atoms with E-state index in [-0.39, 0.29) is 12.5 Å². The van der Waals surface area contributed by atoms with Crippen molar-refractivity contribution in [2.45, 2.75) is 42.6 Å². The second-order valence-corrected chi connectivity index (χ2v) is 10.6. The van der Waals surface area contributed by atoms with Crippen LogP contribution in [0.1, 0.15) is 50.2 Å². The minimum absolute atomic E-state index is 0.270. The first kappa shape index (κ1) is 21.7. The molecule has 10 heteroatoms. The molecule has 0 radical (unpaired) electrons. The zero-order chi connectivity index (χ0) is 20.3. The van der Waals surface area contributed by atoms with E-state index in [0.717, 1.165) is 36.1 Å². The topological polar surface area (TPSA) is 67.4 Å². The van der Waals surface area contributed by atoms with E-state index in [1.807, 2.05) is 0 Å². The lowest BCUT2D eigenvalue weighted by molar-refractivity contribution is 0.0526. The van der Waals surface area contributed by atoms with Gasteiger partial charge in [0, 0.05) is 4.88 Å². The summed E-state index contributed by atoms with van der Waals surface area (Å²) in [5, 5.41) is 8.12. The summed E-state index contributed by atoms with van der Waals surface area (Å²) in [5.74, 6) is -0.769. The van der Waals surface area contributed by atoms with Gasteiger partial charge in [-0.15, -0.1) is 22.7 Å². The molecular weight excluding hydrogens is 463 g/mol. The van der Waals surface area contributed by atoms with Gasteiger partial charge in [-0.1, -0.05) is 40.9 Å². The number of anilines is 1. The van der Waals surface area contributed by atoms with Crippen LogP contribution in [0.25, 0.3) is 0 Å². The fraction of sp³-hybridized carbons (Fsp3) is 0.444. The SMILES string of the molecule is CCOC(=O)c1c(NC(NC(=O)c2cccs2)C(Cl)(Cl)Cl)sc2c1CCCC2. The van der Waals surface area contributed by atoms with Crippen LogP contribution in [0, 0.1) is 0 Å². The van der Waals surface area contributed by atoms with Gasteiger partial charge in [0.2, 0.25) is 3.79 Å². The normalized spacial score (nSPS) is 14.9. The minimum Gasteiger partial charge on any atom is -0.462 e. The molecule has 2 aromatic heterocycles. The fourth-order valence-corrected chi connectivity index (χ4v) is 5.29. The summed E-state index contributed by atoms with van der Waals surface area (Å²) < 4.78 is 3.41. The number of carbonyl (C=O) groups excluding carboxylic acids is 2. The second kappa shape index (κ2) is 9.22. The summed E-state index contributed by atoms with van der Waals surface area (Å²) in [4.78, 5) is 26.7. The van der Waals surface area contributed by atoms with E-state index in [2.05, 4.69) is 10.6 Å². The predicted octanol–water partition coefficient (Wildman–Crippen LogP) is 5.40. The van der Waals surface area contributed by atoms with Crippen molar-refractivity contribution in [1.29, 1.82) is 0 Å². The molecule has 2 aromatic rings. The number of rotatable bonds is 6. The highest BCUT2D eigenvalue weighted by molar-refractivity contribution is 7.16. The first-order chi connectivity index (χ1) is 13.3. The standard InChI is InChI=1S/C18H19Cl3N2O3S2/c1-2-26-16(25)13-10-6-3-4-7-11(10)28-15(13)23-17(18(19,20)21)22-14(24)12-8-5-9-27-12/h5,8-9,17,23H,2-4,6-7H2,1H3,(H,22,24). The lowest BCUT2D eigenvalue weighted by atomic mass is 9.95. The van der Waals surface area contributed by atoms with Gasteiger partial charge in [0.05, 0.1) is 17.0 Å². The van der Waals surface area contributed by atoms with Crippen LogP contribution in [0.3, 0.4) is 0 Å². The first-order valence-electron chi connectivity index (χ1n) is 8.80. The number of fused-ring (bicyclic) bond motifs is 1. The van der Waals surface area contributed by atoms with E-state index in [9.17, 15) is 9.59 Å². The van der Waals surface area contributed by atoms with Gasteiger partial charge in [-0.05, 0) is 49.6 Å². The molecule has 1 aliphatic rings. The molecule has 1 atom stereocenters. The number of hydrogen-bond acceptors (Lipinski definition) is 6. The van der Waals surface area contributed by atoms with Crippen LogP contribution in [-0.2, 0) is 17.6 Å². The molecule has 0 saturated carbocycles. The quantitative estimate of drug-likeness (QED) is 0.329. The van der Waals surface area contributed by atoms with Crippen molar-refractivity contribution in [3.05, 3.63) is 38.4 Å². The van der Waals surface area contributed by atoms with E-state index >= 15 is 0 Å². The molecule has 0 bridgehead atoms. The zero-order valence-electron chi connectivity index (χ0n) is 15.0. The summed E-state index contributed by atoms with van der Waals surface area (Å²) in [6.07, 6.45) is 2.76. The summed E-state index contributed by atoms with van der Waals surface area (Å²) in [6.45, 7) is 2.03. The third-order valence-corrected chi connectivity index (χ3v) is 7.02. The maximum Gasteiger partial charge on any atom is 0.341 e. The number of halogens is 3. The molecule has 1 aliphatic carbocycles. The van der Waals surface area contributed by atoms with Crippen LogP contribution in [0.4, 0.5) is 5.00 Å². The number of hydrogen-bond donors (Lipinski definition) is 2. The molecular formula is C18H19Cl3N2O3S2. The smallest absolute Gasteiger partial charge is 0.341 e. The molecule has 0 fully saturated rings. The van der Waals surface area contributed by atoms with Gasteiger partial charge < -0.3 is 15.4 Å². The van der Waals surface area contributed by atoms with Gasteiger partial charge in [0.25, 0.3) is 5.91 Å². The molecule has 0 aliphatic heterocycles. The summed E-state index contributed by atoms with van der Waals surface area (Å²) >= 11 is 21.1. The number of nitrogens with one attached hydrogen (secondary N) is 2. The van der Waals surface area contributed by atoms with Crippen LogP contribution in [-0.4, -0.2) is 28.4 Å². The van der Waals surface area contributed by atoms with Gasteiger partial charge in [0.15, 0.2) is 0 Å². The Balaban J connectivity index is 1.91. The van der Waals surface area contributed by atoms with Crippen LogP contribution < -0.4 is 10.6 Å². The van der Waals surface area contributed by atoms with Crippen LogP contribution in [0.15, 0.2) is 17.5 Å². The monoisotopic (exact) mass is 480 g/mol. The van der Waals surface area contributed by atoms with Gasteiger partial charge in [-0.3, -0.25) is 4.79 Å². The molecule has 1 amide bonds. The van der Waals surface area contributed by atoms with Crippen molar-refractivity contribution in [3.8, 4) is 0 Å². The summed E-state index contributed by atoms with van der Waals surface area (Å²) in [5.41, 5.74) is 1.47. The molecule has 5 nitrogen and oxygen atoms in total. The predicted molar refractivity (Wildman–Crippen MR) is 116 cm³/mol. The largest absolute Gasteiger partial charge is 0.462 e. The highest BCUT2D eigenvalue weighted by Crippen LogP contribution is 2.41. The molecule has 28 heavy (non-hydrogen) atoms. The maximum absolute atomic E-state index is 12.6. The van der Waals surface area contributed by atoms with Crippen LogP contribution >= 0.6 is 57.5 Å². The highest BCUT2D eigenvalue weighted by atomic mass is 35.6. The molecule has 0 aromatic carbocycles. The molecule has 0 saturated heterocycles. The van der Waals surface area contributed by atoms with E-state index in [0.29, 0.717) is 15.4 Å². The van der Waals surface area contributed by atoms with Crippen molar-refractivity contribution >= 4 is 74.4 Å². The minimum atomic E-state index is -1.83. The van der Waals surface area contributed by atoms with Crippen molar-refractivity contribution < 1.29 is 14.3 Å². The highest BCUT2D eigenvalue weighted by Gasteiger charge is 2.37. The summed E-state index contributed by atoms with van der Waals surface area (Å²) in [7, 11) is 0. The first-order valence-corrected chi connectivity index (χ1v) is 11.6. The van der Waals surface area contributed by atoms with Gasteiger partial charge in [0.1, 0.15) is 11.2 Å². The fourth-order valence-electron chi connectivity index (χ4n) is 3.03. The van der Waals surface area contributed by atoms with E-state index < -0.39 is 15.9 Å². The van der Waals surface area contributed by atoms with Gasteiger partial charge in [-0.2, -0.15) is 0 Å². The Morgan fingerprint density at radius 3 is 2.68 bits per heavy atom. The number of alkyl halides is 3. The number of amides is 1. The number of ether oxygens (including phenoxy) is 1. The van der Waals surface area contributed by atoms with E-state index in [4.69, 9.17) is 39.5 Å². The van der Waals surface area contributed by atoms with Crippen molar-refractivity contribution in [2.24, 2.45) is 0 Å². The molecule has 2 heterocycles. The van der Waals surface area contributed by atoms with Crippen LogP contribution in [0.5, 0.6) is 0 Å². The average Bonchev–Trinajstić information content (AvgIpc) is 3.28. The molecule has 3 rings (SSSR count). The molecule has 2 N–H and O–H groups in total. The Morgan fingerprint density at radius 2 is 2.04 bits per heavy atom. The molecule has 0 spiro atoms. The summed E-state index contributed by atoms with van der Waals surface area (Å²) in [6, 6.07) is 3.45. The Hall–Kier alpha value is -0.990. The van der Waals surface area contributed by atoms with E-state index in [1.54, 1.807) is 24.4 Å².